The fourth-order valence-electron chi connectivity index (χ4n) is 5.52. The number of carboxylic acid groups (broad SMARTS) is 1. The van der Waals surface area contributed by atoms with Crippen LogP contribution in [-0.4, -0.2) is 72.2 Å². The molecule has 3 N–H and O–H groups in total. The number of amides is 3. The number of halogens is 1. The highest BCUT2D eigenvalue weighted by Gasteiger charge is 2.43. The minimum absolute atomic E-state index is 0.186. The van der Waals surface area contributed by atoms with Crippen LogP contribution in [0.4, 0.5) is 0 Å². The predicted molar refractivity (Wildman–Crippen MR) is 154 cm³/mol. The van der Waals surface area contributed by atoms with E-state index in [-0.39, 0.29) is 25.2 Å². The fraction of sp³-hybridized carbons (Fsp3) is 0.267. The lowest BCUT2D eigenvalue weighted by atomic mass is 9.96. The van der Waals surface area contributed by atoms with Crippen LogP contribution in [0.2, 0.25) is 5.02 Å². The Kier molecular flexibility index (Phi) is 8.21. The van der Waals surface area contributed by atoms with E-state index in [2.05, 4.69) is 10.3 Å². The number of primary amides is 1. The summed E-state index contributed by atoms with van der Waals surface area (Å²) in [7, 11) is 0. The monoisotopic (exact) mass is 588 g/mol. The van der Waals surface area contributed by atoms with Gasteiger partial charge >= 0.3 is 5.97 Å². The number of nitrogens with zero attached hydrogens (tertiary/aromatic N) is 5. The summed E-state index contributed by atoms with van der Waals surface area (Å²) < 4.78 is 1.12. The molecule has 0 bridgehead atoms. The highest BCUT2D eigenvalue weighted by molar-refractivity contribution is 6.30. The molecular formula is C30H29ClN6O5. The number of aromatic carboxylic acids is 1. The molecule has 0 radical (unpaired) electrons. The number of carbonyl (C=O) groups is 4. The van der Waals surface area contributed by atoms with Crippen molar-refractivity contribution >= 4 is 46.1 Å². The molecule has 0 saturated carbocycles. The number of hydrogen-bond donors (Lipinski definition) is 2. The van der Waals surface area contributed by atoms with Gasteiger partial charge in [-0.05, 0) is 47.4 Å². The van der Waals surface area contributed by atoms with Crippen molar-refractivity contribution in [1.29, 1.82) is 0 Å². The molecule has 3 unspecified atom stereocenters. The number of fused-ring (bicyclic) bond motifs is 1. The molecule has 1 aliphatic heterocycles. The maximum absolute atomic E-state index is 14.4. The van der Waals surface area contributed by atoms with Gasteiger partial charge in [-0.3, -0.25) is 14.4 Å². The van der Waals surface area contributed by atoms with Crippen LogP contribution in [-0.2, 0) is 27.3 Å². The van der Waals surface area contributed by atoms with E-state index in [1.54, 1.807) is 24.3 Å². The summed E-state index contributed by atoms with van der Waals surface area (Å²) in [6, 6.07) is 17.7. The highest BCUT2D eigenvalue weighted by Crippen LogP contribution is 2.33. The topological polar surface area (TPSA) is 152 Å². The highest BCUT2D eigenvalue weighted by atomic mass is 35.5. The molecule has 1 aromatic heterocycles. The van der Waals surface area contributed by atoms with E-state index < -0.39 is 41.8 Å². The third-order valence-corrected chi connectivity index (χ3v) is 7.80. The summed E-state index contributed by atoms with van der Waals surface area (Å²) in [4.78, 5) is 55.3. The summed E-state index contributed by atoms with van der Waals surface area (Å²) in [6.07, 6.45) is 1.72. The molecule has 11 nitrogen and oxygen atoms in total. The van der Waals surface area contributed by atoms with Crippen LogP contribution in [0, 0.1) is 0 Å². The van der Waals surface area contributed by atoms with Crippen molar-refractivity contribution in [2.75, 3.05) is 6.54 Å². The Morgan fingerprint density at radius 1 is 1.10 bits per heavy atom. The van der Waals surface area contributed by atoms with Gasteiger partial charge in [0, 0.05) is 24.0 Å². The molecule has 3 atom stereocenters. The van der Waals surface area contributed by atoms with Gasteiger partial charge < -0.3 is 20.6 Å². The van der Waals surface area contributed by atoms with Crippen LogP contribution in [0.1, 0.15) is 41.0 Å². The lowest BCUT2D eigenvalue weighted by Gasteiger charge is -2.35. The third-order valence-electron chi connectivity index (χ3n) is 7.56. The van der Waals surface area contributed by atoms with Crippen molar-refractivity contribution < 1.29 is 24.3 Å². The van der Waals surface area contributed by atoms with Gasteiger partial charge in [-0.25, -0.2) is 9.48 Å². The van der Waals surface area contributed by atoms with Gasteiger partial charge in [0.15, 0.2) is 5.69 Å². The van der Waals surface area contributed by atoms with Crippen molar-refractivity contribution in [2.45, 2.75) is 44.4 Å². The SMILES string of the molecule is CC1CCN(C(Cc2cccc3ccccc23)C(N)=O)C(=O)C(c2cccc(Cl)c2)N1C(=O)Cn1cc(C(=O)O)nn1. The van der Waals surface area contributed by atoms with Crippen LogP contribution in [0.25, 0.3) is 10.8 Å². The van der Waals surface area contributed by atoms with Crippen molar-refractivity contribution in [3.63, 3.8) is 0 Å². The molecular weight excluding hydrogens is 560 g/mol. The van der Waals surface area contributed by atoms with E-state index in [0.29, 0.717) is 17.0 Å². The molecule has 3 aromatic carbocycles. The van der Waals surface area contributed by atoms with Crippen molar-refractivity contribution in [3.8, 4) is 0 Å². The summed E-state index contributed by atoms with van der Waals surface area (Å²) in [5, 5.41) is 18.8. The van der Waals surface area contributed by atoms with Gasteiger partial charge in [-0.2, -0.15) is 0 Å². The first-order valence-corrected chi connectivity index (χ1v) is 13.8. The van der Waals surface area contributed by atoms with Gasteiger partial charge in [0.25, 0.3) is 5.91 Å². The maximum atomic E-state index is 14.4. The Labute approximate surface area is 246 Å². The molecule has 12 heteroatoms. The van der Waals surface area contributed by atoms with Crippen molar-refractivity contribution in [1.82, 2.24) is 24.8 Å². The first kappa shape index (κ1) is 28.7. The fourth-order valence-corrected chi connectivity index (χ4v) is 5.72. The lowest BCUT2D eigenvalue weighted by molar-refractivity contribution is -0.148. The van der Waals surface area contributed by atoms with Crippen LogP contribution >= 0.6 is 11.6 Å². The first-order valence-electron chi connectivity index (χ1n) is 13.4. The number of benzene rings is 3. The maximum Gasteiger partial charge on any atom is 0.358 e. The summed E-state index contributed by atoms with van der Waals surface area (Å²) in [5.41, 5.74) is 6.97. The average Bonchev–Trinajstić information content (AvgIpc) is 3.38. The van der Waals surface area contributed by atoms with E-state index >= 15 is 0 Å². The Morgan fingerprint density at radius 2 is 1.83 bits per heavy atom. The zero-order chi connectivity index (χ0) is 30.0. The second-order valence-corrected chi connectivity index (χ2v) is 10.7. The Hall–Kier alpha value is -4.77. The zero-order valence-corrected chi connectivity index (χ0v) is 23.5. The van der Waals surface area contributed by atoms with E-state index in [1.165, 1.54) is 9.80 Å². The molecule has 4 aromatic rings. The zero-order valence-electron chi connectivity index (χ0n) is 22.8. The Balaban J connectivity index is 1.53. The van der Waals surface area contributed by atoms with E-state index in [9.17, 15) is 24.3 Å². The van der Waals surface area contributed by atoms with Crippen LogP contribution < -0.4 is 5.73 Å². The van der Waals surface area contributed by atoms with Crippen molar-refractivity contribution in [3.05, 3.63) is 94.8 Å². The second kappa shape index (κ2) is 12.0. The molecule has 2 heterocycles. The summed E-state index contributed by atoms with van der Waals surface area (Å²) in [6.45, 7) is 1.66. The average molecular weight is 589 g/mol. The molecule has 0 spiro atoms. The minimum atomic E-state index is -1.27. The molecule has 0 aliphatic carbocycles. The molecule has 42 heavy (non-hydrogen) atoms. The van der Waals surface area contributed by atoms with E-state index in [0.717, 1.165) is 27.2 Å². The third kappa shape index (κ3) is 5.82. The number of carbonyl (C=O) groups excluding carboxylic acids is 3. The van der Waals surface area contributed by atoms with Gasteiger partial charge in [-0.15, -0.1) is 5.10 Å². The largest absolute Gasteiger partial charge is 0.476 e. The van der Waals surface area contributed by atoms with Crippen LogP contribution in [0.15, 0.2) is 72.9 Å². The number of nitrogens with two attached hydrogens (primary N) is 1. The predicted octanol–water partition coefficient (Wildman–Crippen LogP) is 3.07. The van der Waals surface area contributed by atoms with Crippen molar-refractivity contribution in [2.24, 2.45) is 5.73 Å². The number of aromatic nitrogens is 3. The Bertz CT molecular complexity index is 1670. The van der Waals surface area contributed by atoms with Crippen LogP contribution in [0.5, 0.6) is 0 Å². The molecule has 1 aliphatic rings. The summed E-state index contributed by atoms with van der Waals surface area (Å²) in [5.74, 6) is -2.88. The van der Waals surface area contributed by atoms with Gasteiger partial charge in [0.05, 0.1) is 6.20 Å². The quantitative estimate of drug-likeness (QED) is 0.321. The Morgan fingerprint density at radius 3 is 2.55 bits per heavy atom. The van der Waals surface area contributed by atoms with Gasteiger partial charge in [-0.1, -0.05) is 71.4 Å². The molecule has 216 valence electrons. The molecule has 1 saturated heterocycles. The molecule has 1 fully saturated rings. The van der Waals surface area contributed by atoms with Crippen LogP contribution in [0.3, 0.4) is 0 Å². The standard InChI is InChI=1S/C30H29ClN6O5/c1-18-12-13-36(25(28(32)39)15-20-8-4-7-19-6-2-3-11-23(19)20)29(40)27(21-9-5-10-22(31)14-21)37(18)26(38)17-35-16-24(30(41)42)33-34-35/h2-11,14,16,18,25,27H,12-13,15,17H2,1H3,(H2,32,39)(H,41,42). The smallest absolute Gasteiger partial charge is 0.358 e. The number of carboxylic acids is 1. The van der Waals surface area contributed by atoms with E-state index in [1.807, 2.05) is 49.4 Å². The summed E-state index contributed by atoms with van der Waals surface area (Å²) >= 11 is 6.31. The number of rotatable bonds is 8. The van der Waals surface area contributed by atoms with E-state index in [4.69, 9.17) is 17.3 Å². The lowest BCUT2D eigenvalue weighted by Crippen LogP contribution is -2.52. The second-order valence-electron chi connectivity index (χ2n) is 10.3. The normalized spacial score (nSPS) is 18.1. The first-order chi connectivity index (χ1) is 20.1. The molecule has 3 amide bonds. The van der Waals surface area contributed by atoms with Gasteiger partial charge in [0.1, 0.15) is 18.6 Å². The molecule has 5 rings (SSSR count). The van der Waals surface area contributed by atoms with Gasteiger partial charge in [0.2, 0.25) is 11.8 Å². The number of hydrogen-bond acceptors (Lipinski definition) is 6. The minimum Gasteiger partial charge on any atom is -0.476 e.